The highest BCUT2D eigenvalue weighted by Gasteiger charge is 2.26. The van der Waals surface area contributed by atoms with Crippen molar-refractivity contribution in [3.05, 3.63) is 30.1 Å². The Morgan fingerprint density at radius 1 is 1.44 bits per heavy atom. The van der Waals surface area contributed by atoms with Crippen molar-refractivity contribution in [2.45, 2.75) is 63.7 Å². The standard InChI is InChI=1S/C20H30FNO2S/c1-3-4-5-8-16(2)22(14-19-11-7-12-25-19)20(23)15-24-18-10-6-9-17(21)13-18/h6,9-10,13,16,19H,3-5,7-8,11-12,14-15H2,1-2H3. The van der Waals surface area contributed by atoms with E-state index in [-0.39, 0.29) is 24.4 Å². The van der Waals surface area contributed by atoms with Gasteiger partial charge in [-0.25, -0.2) is 4.39 Å². The van der Waals surface area contributed by atoms with E-state index in [1.807, 2.05) is 16.7 Å². The van der Waals surface area contributed by atoms with Crippen molar-refractivity contribution in [3.63, 3.8) is 0 Å². The van der Waals surface area contributed by atoms with Crippen molar-refractivity contribution < 1.29 is 13.9 Å². The normalized spacial score (nSPS) is 18.1. The Bertz CT molecular complexity index is 534. The van der Waals surface area contributed by atoms with Gasteiger partial charge in [-0.2, -0.15) is 11.8 Å². The van der Waals surface area contributed by atoms with Gasteiger partial charge in [-0.15, -0.1) is 0 Å². The van der Waals surface area contributed by atoms with E-state index in [1.54, 1.807) is 12.1 Å². The third kappa shape index (κ3) is 6.89. The van der Waals surface area contributed by atoms with Crippen LogP contribution in [-0.4, -0.2) is 41.0 Å². The lowest BCUT2D eigenvalue weighted by Gasteiger charge is -2.31. The molecule has 5 heteroatoms. The van der Waals surface area contributed by atoms with E-state index in [4.69, 9.17) is 4.74 Å². The fourth-order valence-corrected chi connectivity index (χ4v) is 4.43. The number of unbranched alkanes of at least 4 members (excludes halogenated alkanes) is 2. The number of nitrogens with zero attached hydrogens (tertiary/aromatic N) is 1. The molecule has 0 bridgehead atoms. The molecule has 1 aliphatic heterocycles. The second-order valence-electron chi connectivity index (χ2n) is 6.77. The highest BCUT2D eigenvalue weighted by Crippen LogP contribution is 2.28. The third-order valence-corrected chi connectivity index (χ3v) is 6.04. The molecule has 1 aromatic carbocycles. The summed E-state index contributed by atoms with van der Waals surface area (Å²) in [6.45, 7) is 5.09. The minimum absolute atomic E-state index is 0.000703. The maximum absolute atomic E-state index is 13.2. The summed E-state index contributed by atoms with van der Waals surface area (Å²) in [7, 11) is 0. The average Bonchev–Trinajstić information content (AvgIpc) is 3.11. The number of halogens is 1. The van der Waals surface area contributed by atoms with Crippen molar-refractivity contribution in [2.24, 2.45) is 0 Å². The van der Waals surface area contributed by atoms with Crippen LogP contribution in [0, 0.1) is 5.82 Å². The summed E-state index contributed by atoms with van der Waals surface area (Å²) in [6.07, 6.45) is 6.97. The van der Waals surface area contributed by atoms with Crippen LogP contribution in [-0.2, 0) is 4.79 Å². The summed E-state index contributed by atoms with van der Waals surface area (Å²) in [5, 5.41) is 0.534. The zero-order chi connectivity index (χ0) is 18.1. The van der Waals surface area contributed by atoms with Crippen LogP contribution in [0.4, 0.5) is 4.39 Å². The summed E-state index contributed by atoms with van der Waals surface area (Å²) in [4.78, 5) is 14.7. The Morgan fingerprint density at radius 3 is 2.96 bits per heavy atom. The predicted octanol–water partition coefficient (Wildman–Crippen LogP) is 4.90. The number of carbonyl (C=O) groups is 1. The number of thioether (sulfide) groups is 1. The van der Waals surface area contributed by atoms with E-state index in [0.29, 0.717) is 11.0 Å². The molecule has 0 spiro atoms. The number of amides is 1. The molecule has 0 aliphatic carbocycles. The van der Waals surface area contributed by atoms with Crippen LogP contribution in [0.2, 0.25) is 0 Å². The van der Waals surface area contributed by atoms with Crippen LogP contribution in [0.1, 0.15) is 52.4 Å². The zero-order valence-corrected chi connectivity index (χ0v) is 16.2. The van der Waals surface area contributed by atoms with Gasteiger partial charge >= 0.3 is 0 Å². The predicted molar refractivity (Wildman–Crippen MR) is 103 cm³/mol. The molecule has 2 atom stereocenters. The maximum atomic E-state index is 13.2. The van der Waals surface area contributed by atoms with Gasteiger partial charge < -0.3 is 9.64 Å². The molecule has 25 heavy (non-hydrogen) atoms. The van der Waals surface area contributed by atoms with Gasteiger partial charge in [0.05, 0.1) is 0 Å². The average molecular weight is 368 g/mol. The fraction of sp³-hybridized carbons (Fsp3) is 0.650. The molecule has 1 saturated heterocycles. The first-order valence-electron chi connectivity index (χ1n) is 9.39. The van der Waals surface area contributed by atoms with Gasteiger partial charge in [0.2, 0.25) is 0 Å². The molecular formula is C20H30FNO2S. The second-order valence-corrected chi connectivity index (χ2v) is 8.18. The highest BCUT2D eigenvalue weighted by atomic mass is 32.2. The molecule has 1 heterocycles. The van der Waals surface area contributed by atoms with Gasteiger partial charge in [-0.3, -0.25) is 4.79 Å². The summed E-state index contributed by atoms with van der Waals surface area (Å²) < 4.78 is 18.8. The van der Waals surface area contributed by atoms with E-state index in [0.717, 1.165) is 19.4 Å². The lowest BCUT2D eigenvalue weighted by Crippen LogP contribution is -2.44. The molecule has 3 nitrogen and oxygen atoms in total. The van der Waals surface area contributed by atoms with Crippen LogP contribution in [0.5, 0.6) is 5.75 Å². The molecule has 0 saturated carbocycles. The molecule has 1 amide bonds. The first-order chi connectivity index (χ1) is 12.1. The van der Waals surface area contributed by atoms with Crippen molar-refractivity contribution in [1.29, 1.82) is 0 Å². The van der Waals surface area contributed by atoms with Gasteiger partial charge in [-0.05, 0) is 44.1 Å². The minimum Gasteiger partial charge on any atom is -0.484 e. The van der Waals surface area contributed by atoms with Gasteiger partial charge in [0, 0.05) is 23.9 Å². The SMILES string of the molecule is CCCCCC(C)N(CC1CCCS1)C(=O)COc1cccc(F)c1. The van der Waals surface area contributed by atoms with Gasteiger partial charge in [0.1, 0.15) is 11.6 Å². The fourth-order valence-electron chi connectivity index (χ4n) is 3.17. The van der Waals surface area contributed by atoms with E-state index >= 15 is 0 Å². The molecule has 2 rings (SSSR count). The van der Waals surface area contributed by atoms with E-state index < -0.39 is 0 Å². The van der Waals surface area contributed by atoms with Crippen LogP contribution in [0.3, 0.4) is 0 Å². The highest BCUT2D eigenvalue weighted by molar-refractivity contribution is 8.00. The number of ether oxygens (including phenoxy) is 1. The summed E-state index contributed by atoms with van der Waals surface area (Å²) in [5.74, 6) is 1.25. The lowest BCUT2D eigenvalue weighted by molar-refractivity contribution is -0.135. The Labute approximate surface area is 155 Å². The Balaban J connectivity index is 1.92. The summed E-state index contributed by atoms with van der Waals surface area (Å²) in [6, 6.07) is 6.17. The quantitative estimate of drug-likeness (QED) is 0.551. The smallest absolute Gasteiger partial charge is 0.260 e. The molecule has 0 radical (unpaired) electrons. The minimum atomic E-state index is -0.350. The van der Waals surface area contributed by atoms with Crippen LogP contribution >= 0.6 is 11.8 Å². The number of hydrogen-bond acceptors (Lipinski definition) is 3. The van der Waals surface area contributed by atoms with Crippen LogP contribution in [0.15, 0.2) is 24.3 Å². The van der Waals surface area contributed by atoms with Crippen LogP contribution < -0.4 is 4.74 Å². The van der Waals surface area contributed by atoms with Crippen molar-refractivity contribution >= 4 is 17.7 Å². The van der Waals surface area contributed by atoms with E-state index in [9.17, 15) is 9.18 Å². The van der Waals surface area contributed by atoms with Gasteiger partial charge in [0.15, 0.2) is 6.61 Å². The molecular weight excluding hydrogens is 337 g/mol. The molecule has 1 aromatic rings. The third-order valence-electron chi connectivity index (χ3n) is 4.66. The second kappa shape index (κ2) is 10.7. The molecule has 2 unspecified atom stereocenters. The van der Waals surface area contributed by atoms with Crippen LogP contribution in [0.25, 0.3) is 0 Å². The van der Waals surface area contributed by atoms with Gasteiger partial charge in [-0.1, -0.05) is 32.3 Å². The van der Waals surface area contributed by atoms with E-state index in [1.165, 1.54) is 43.6 Å². The van der Waals surface area contributed by atoms with Crippen molar-refractivity contribution in [3.8, 4) is 5.75 Å². The summed E-state index contributed by atoms with van der Waals surface area (Å²) in [5.41, 5.74) is 0. The molecule has 1 fully saturated rings. The molecule has 0 aromatic heterocycles. The Morgan fingerprint density at radius 2 is 2.28 bits per heavy atom. The van der Waals surface area contributed by atoms with Crippen molar-refractivity contribution in [2.75, 3.05) is 18.9 Å². The monoisotopic (exact) mass is 367 g/mol. The van der Waals surface area contributed by atoms with E-state index in [2.05, 4.69) is 13.8 Å². The number of benzene rings is 1. The number of carbonyl (C=O) groups excluding carboxylic acids is 1. The zero-order valence-electron chi connectivity index (χ0n) is 15.4. The maximum Gasteiger partial charge on any atom is 0.260 e. The first-order valence-corrected chi connectivity index (χ1v) is 10.4. The Hall–Kier alpha value is -1.23. The largest absolute Gasteiger partial charge is 0.484 e. The summed E-state index contributed by atoms with van der Waals surface area (Å²) >= 11 is 1.97. The van der Waals surface area contributed by atoms with Gasteiger partial charge in [0.25, 0.3) is 5.91 Å². The number of hydrogen-bond donors (Lipinski definition) is 0. The molecule has 140 valence electrons. The first kappa shape index (κ1) is 20.1. The lowest BCUT2D eigenvalue weighted by atomic mass is 10.1. The Kier molecular flexibility index (Phi) is 8.59. The topological polar surface area (TPSA) is 29.5 Å². The number of rotatable bonds is 10. The van der Waals surface area contributed by atoms with Crippen molar-refractivity contribution in [1.82, 2.24) is 4.90 Å². The molecule has 0 N–H and O–H groups in total. The molecule has 1 aliphatic rings.